The van der Waals surface area contributed by atoms with Crippen molar-refractivity contribution in [3.63, 3.8) is 0 Å². The smallest absolute Gasteiger partial charge is 0.264 e. The Kier molecular flexibility index (Phi) is 3.84. The van der Waals surface area contributed by atoms with Gasteiger partial charge in [-0.2, -0.15) is 0 Å². The Morgan fingerprint density at radius 1 is 1.10 bits per heavy atom. The quantitative estimate of drug-likeness (QED) is 0.868. The SMILES string of the molecule is Cc1ccc(C(=O)N2CCN(c3ccccc3N)CC2)s1. The monoisotopic (exact) mass is 301 g/mol. The average Bonchev–Trinajstić information content (AvgIpc) is 2.94. The van der Waals surface area contributed by atoms with E-state index in [9.17, 15) is 4.79 Å². The molecule has 2 N–H and O–H groups in total. The molecule has 0 unspecified atom stereocenters. The summed E-state index contributed by atoms with van der Waals surface area (Å²) >= 11 is 1.56. The second-order valence-electron chi connectivity index (χ2n) is 5.25. The fourth-order valence-corrected chi connectivity index (χ4v) is 3.47. The van der Waals surface area contributed by atoms with Crippen LogP contribution < -0.4 is 10.6 Å². The Hall–Kier alpha value is -2.01. The third-order valence-corrected chi connectivity index (χ3v) is 4.78. The highest BCUT2D eigenvalue weighted by Crippen LogP contribution is 2.24. The predicted octanol–water partition coefficient (Wildman–Crippen LogP) is 2.60. The minimum absolute atomic E-state index is 0.147. The number of nitrogens with zero attached hydrogens (tertiary/aromatic N) is 2. The van der Waals surface area contributed by atoms with Gasteiger partial charge in [-0.3, -0.25) is 4.79 Å². The number of hydrogen-bond acceptors (Lipinski definition) is 4. The van der Waals surface area contributed by atoms with Gasteiger partial charge in [0.25, 0.3) is 5.91 Å². The lowest BCUT2D eigenvalue weighted by molar-refractivity contribution is 0.0751. The molecule has 3 rings (SSSR count). The Bertz CT molecular complexity index is 644. The maximum absolute atomic E-state index is 12.4. The van der Waals surface area contributed by atoms with Crippen molar-refractivity contribution in [2.45, 2.75) is 6.92 Å². The lowest BCUT2D eigenvalue weighted by atomic mass is 10.2. The van der Waals surface area contributed by atoms with Crippen molar-refractivity contribution in [3.8, 4) is 0 Å². The number of benzene rings is 1. The van der Waals surface area contributed by atoms with Gasteiger partial charge in [0.15, 0.2) is 0 Å². The van der Waals surface area contributed by atoms with Crippen LogP contribution in [0.3, 0.4) is 0 Å². The molecule has 21 heavy (non-hydrogen) atoms. The van der Waals surface area contributed by atoms with Crippen molar-refractivity contribution in [1.82, 2.24) is 4.90 Å². The molecule has 0 spiro atoms. The number of carbonyl (C=O) groups excluding carboxylic acids is 1. The summed E-state index contributed by atoms with van der Waals surface area (Å²) in [5.41, 5.74) is 7.88. The highest BCUT2D eigenvalue weighted by molar-refractivity contribution is 7.13. The number of piperazine rings is 1. The number of hydrogen-bond donors (Lipinski definition) is 1. The molecule has 0 radical (unpaired) electrons. The zero-order valence-corrected chi connectivity index (χ0v) is 12.9. The molecule has 2 heterocycles. The summed E-state index contributed by atoms with van der Waals surface area (Å²) in [5.74, 6) is 0.147. The number of carbonyl (C=O) groups is 1. The number of anilines is 2. The van der Waals surface area contributed by atoms with E-state index in [1.165, 1.54) is 4.88 Å². The average molecular weight is 301 g/mol. The summed E-state index contributed by atoms with van der Waals surface area (Å²) in [6.45, 7) is 5.15. The molecule has 2 aromatic rings. The van der Waals surface area contributed by atoms with Gasteiger partial charge in [0.1, 0.15) is 0 Å². The number of nitrogens with two attached hydrogens (primary N) is 1. The van der Waals surface area contributed by atoms with Gasteiger partial charge in [-0.1, -0.05) is 12.1 Å². The molecular formula is C16H19N3OS. The molecule has 1 aromatic carbocycles. The molecule has 1 amide bonds. The first-order valence-electron chi connectivity index (χ1n) is 7.10. The summed E-state index contributed by atoms with van der Waals surface area (Å²) in [6.07, 6.45) is 0. The van der Waals surface area contributed by atoms with Crippen LogP contribution in [-0.4, -0.2) is 37.0 Å². The largest absolute Gasteiger partial charge is 0.397 e. The van der Waals surface area contributed by atoms with Gasteiger partial charge < -0.3 is 15.5 Å². The van der Waals surface area contributed by atoms with Crippen LogP contribution in [0.15, 0.2) is 36.4 Å². The first kappa shape index (κ1) is 13.9. The lowest BCUT2D eigenvalue weighted by Gasteiger charge is -2.36. The zero-order valence-electron chi connectivity index (χ0n) is 12.1. The third kappa shape index (κ3) is 2.88. The molecule has 4 nitrogen and oxygen atoms in total. The number of thiophene rings is 1. The molecule has 1 aliphatic rings. The first-order valence-corrected chi connectivity index (χ1v) is 7.92. The van der Waals surface area contributed by atoms with Crippen LogP contribution in [0.1, 0.15) is 14.5 Å². The van der Waals surface area contributed by atoms with Crippen molar-refractivity contribution < 1.29 is 4.79 Å². The Morgan fingerprint density at radius 3 is 2.43 bits per heavy atom. The van der Waals surface area contributed by atoms with Gasteiger partial charge in [0, 0.05) is 31.1 Å². The standard InChI is InChI=1S/C16H19N3OS/c1-12-6-7-15(21-12)16(20)19-10-8-18(9-11-19)14-5-3-2-4-13(14)17/h2-7H,8-11,17H2,1H3. The fraction of sp³-hybridized carbons (Fsp3) is 0.312. The van der Waals surface area contributed by atoms with Crippen LogP contribution >= 0.6 is 11.3 Å². The van der Waals surface area contributed by atoms with Crippen LogP contribution in [0.2, 0.25) is 0 Å². The van der Waals surface area contributed by atoms with Crippen LogP contribution in [0.25, 0.3) is 0 Å². The molecule has 5 heteroatoms. The van der Waals surface area contributed by atoms with Crippen LogP contribution in [0, 0.1) is 6.92 Å². The Morgan fingerprint density at radius 2 is 1.81 bits per heavy atom. The van der Waals surface area contributed by atoms with Crippen molar-refractivity contribution in [1.29, 1.82) is 0 Å². The number of para-hydroxylation sites is 2. The lowest BCUT2D eigenvalue weighted by Crippen LogP contribution is -2.48. The highest BCUT2D eigenvalue weighted by atomic mass is 32.1. The third-order valence-electron chi connectivity index (χ3n) is 3.80. The maximum atomic E-state index is 12.4. The molecule has 1 aromatic heterocycles. The number of nitrogen functional groups attached to an aromatic ring is 1. The van der Waals surface area contributed by atoms with Gasteiger partial charge in [0.2, 0.25) is 0 Å². The minimum atomic E-state index is 0.147. The summed E-state index contributed by atoms with van der Waals surface area (Å²) < 4.78 is 0. The van der Waals surface area contributed by atoms with Crippen molar-refractivity contribution in [2.75, 3.05) is 36.8 Å². The molecule has 0 bridgehead atoms. The van der Waals surface area contributed by atoms with E-state index < -0.39 is 0 Å². The second kappa shape index (κ2) is 5.77. The first-order chi connectivity index (χ1) is 10.1. The Labute approximate surface area is 128 Å². The van der Waals surface area contributed by atoms with E-state index in [0.717, 1.165) is 42.4 Å². The van der Waals surface area contributed by atoms with Crippen LogP contribution in [-0.2, 0) is 0 Å². The molecular weight excluding hydrogens is 282 g/mol. The number of rotatable bonds is 2. The summed E-state index contributed by atoms with van der Waals surface area (Å²) in [5, 5.41) is 0. The van der Waals surface area contributed by atoms with E-state index in [1.807, 2.05) is 48.2 Å². The van der Waals surface area contributed by atoms with Gasteiger partial charge in [-0.15, -0.1) is 11.3 Å². The van der Waals surface area contributed by atoms with E-state index in [0.29, 0.717) is 0 Å². The highest BCUT2D eigenvalue weighted by Gasteiger charge is 2.23. The molecule has 0 atom stereocenters. The molecule has 1 saturated heterocycles. The van der Waals surface area contributed by atoms with Crippen LogP contribution in [0.4, 0.5) is 11.4 Å². The summed E-state index contributed by atoms with van der Waals surface area (Å²) in [4.78, 5) is 18.6. The van der Waals surface area contributed by atoms with E-state index in [-0.39, 0.29) is 5.91 Å². The topological polar surface area (TPSA) is 49.6 Å². The van der Waals surface area contributed by atoms with Gasteiger partial charge in [0.05, 0.1) is 16.3 Å². The van der Waals surface area contributed by atoms with E-state index in [2.05, 4.69) is 4.90 Å². The molecule has 1 fully saturated rings. The molecule has 0 saturated carbocycles. The van der Waals surface area contributed by atoms with E-state index in [1.54, 1.807) is 11.3 Å². The molecule has 0 aliphatic carbocycles. The number of aryl methyl sites for hydroxylation is 1. The normalized spacial score (nSPS) is 15.3. The van der Waals surface area contributed by atoms with Crippen molar-refractivity contribution >= 4 is 28.6 Å². The summed E-state index contributed by atoms with van der Waals surface area (Å²) in [7, 11) is 0. The Balaban J connectivity index is 1.65. The minimum Gasteiger partial charge on any atom is -0.397 e. The zero-order chi connectivity index (χ0) is 14.8. The molecule has 110 valence electrons. The second-order valence-corrected chi connectivity index (χ2v) is 6.54. The fourth-order valence-electron chi connectivity index (χ4n) is 2.63. The van der Waals surface area contributed by atoms with Crippen molar-refractivity contribution in [3.05, 3.63) is 46.2 Å². The maximum Gasteiger partial charge on any atom is 0.264 e. The summed E-state index contributed by atoms with van der Waals surface area (Å²) in [6, 6.07) is 11.8. The van der Waals surface area contributed by atoms with Gasteiger partial charge in [-0.05, 0) is 31.2 Å². The van der Waals surface area contributed by atoms with E-state index >= 15 is 0 Å². The predicted molar refractivity (Wildman–Crippen MR) is 88.0 cm³/mol. The van der Waals surface area contributed by atoms with Crippen LogP contribution in [0.5, 0.6) is 0 Å². The van der Waals surface area contributed by atoms with Crippen molar-refractivity contribution in [2.24, 2.45) is 0 Å². The van der Waals surface area contributed by atoms with Gasteiger partial charge >= 0.3 is 0 Å². The number of amides is 1. The van der Waals surface area contributed by atoms with Gasteiger partial charge in [-0.25, -0.2) is 0 Å². The molecule has 1 aliphatic heterocycles. The van der Waals surface area contributed by atoms with E-state index in [4.69, 9.17) is 5.73 Å².